The second-order valence-corrected chi connectivity index (χ2v) is 6.93. The summed E-state index contributed by atoms with van der Waals surface area (Å²) in [6.07, 6.45) is 3.44. The van der Waals surface area contributed by atoms with Gasteiger partial charge in [-0.25, -0.2) is 9.59 Å². The monoisotopic (exact) mass is 355 g/mol. The second kappa shape index (κ2) is 8.52. The summed E-state index contributed by atoms with van der Waals surface area (Å²) >= 11 is 0. The minimum atomic E-state index is -0.805. The van der Waals surface area contributed by atoms with Crippen LogP contribution >= 0.6 is 0 Å². The molecular formula is C21H25NO4. The molecule has 0 heterocycles. The summed E-state index contributed by atoms with van der Waals surface area (Å²) in [5.41, 5.74) is 0.410. The average Bonchev–Trinajstić information content (AvgIpc) is 2.58. The third kappa shape index (κ3) is 5.62. The highest BCUT2D eigenvalue weighted by Gasteiger charge is 2.23. The van der Waals surface area contributed by atoms with E-state index in [-0.39, 0.29) is 0 Å². The highest BCUT2D eigenvalue weighted by molar-refractivity contribution is 5.90. The van der Waals surface area contributed by atoms with Crippen molar-refractivity contribution in [3.8, 4) is 0 Å². The van der Waals surface area contributed by atoms with E-state index in [2.05, 4.69) is 5.32 Å². The number of benzene rings is 2. The van der Waals surface area contributed by atoms with Crippen LogP contribution < -0.4 is 5.32 Å². The van der Waals surface area contributed by atoms with Crippen molar-refractivity contribution in [3.05, 3.63) is 54.1 Å². The van der Waals surface area contributed by atoms with Gasteiger partial charge in [0.05, 0.1) is 7.11 Å². The second-order valence-electron chi connectivity index (χ2n) is 6.93. The number of hydrogen-bond acceptors (Lipinski definition) is 4. The zero-order chi connectivity index (χ0) is 19.2. The summed E-state index contributed by atoms with van der Waals surface area (Å²) < 4.78 is 9.98. The third-order valence-electron chi connectivity index (χ3n) is 3.67. The number of amides is 1. The SMILES string of the molecule is COC(=O)[C@H](C/C=C/c1cccc2ccccc12)NC(=O)OC(C)(C)C. The lowest BCUT2D eigenvalue weighted by Gasteiger charge is -2.22. The number of methoxy groups -OCH3 is 1. The Morgan fingerprint density at radius 1 is 1.12 bits per heavy atom. The van der Waals surface area contributed by atoms with E-state index in [1.165, 1.54) is 7.11 Å². The van der Waals surface area contributed by atoms with Crippen molar-refractivity contribution >= 4 is 28.9 Å². The molecule has 5 heteroatoms. The van der Waals surface area contributed by atoms with Gasteiger partial charge in [0.2, 0.25) is 0 Å². The van der Waals surface area contributed by atoms with Gasteiger partial charge in [0.25, 0.3) is 0 Å². The van der Waals surface area contributed by atoms with Crippen molar-refractivity contribution in [1.82, 2.24) is 5.32 Å². The van der Waals surface area contributed by atoms with E-state index in [1.54, 1.807) is 20.8 Å². The fourth-order valence-corrected chi connectivity index (χ4v) is 2.53. The molecule has 1 atom stereocenters. The molecule has 0 radical (unpaired) electrons. The van der Waals surface area contributed by atoms with Crippen LogP contribution in [-0.2, 0) is 14.3 Å². The topological polar surface area (TPSA) is 64.6 Å². The number of rotatable bonds is 5. The quantitative estimate of drug-likeness (QED) is 0.812. The molecule has 5 nitrogen and oxygen atoms in total. The summed E-state index contributed by atoms with van der Waals surface area (Å²) in [6.45, 7) is 5.29. The molecule has 0 saturated heterocycles. The van der Waals surface area contributed by atoms with Crippen molar-refractivity contribution < 1.29 is 19.1 Å². The maximum atomic E-state index is 11.9. The summed E-state index contributed by atoms with van der Waals surface area (Å²) in [5, 5.41) is 4.83. The molecular weight excluding hydrogens is 330 g/mol. The van der Waals surface area contributed by atoms with Gasteiger partial charge in [0, 0.05) is 0 Å². The Morgan fingerprint density at radius 3 is 2.50 bits per heavy atom. The minimum absolute atomic E-state index is 0.301. The Hall–Kier alpha value is -2.82. The van der Waals surface area contributed by atoms with Crippen LogP contribution in [0.15, 0.2) is 48.5 Å². The number of alkyl carbamates (subject to hydrolysis) is 1. The molecule has 1 amide bonds. The van der Waals surface area contributed by atoms with Crippen molar-refractivity contribution in [1.29, 1.82) is 0 Å². The van der Waals surface area contributed by atoms with Crippen LogP contribution in [0.25, 0.3) is 16.8 Å². The maximum absolute atomic E-state index is 11.9. The van der Waals surface area contributed by atoms with E-state index in [4.69, 9.17) is 9.47 Å². The molecule has 0 spiro atoms. The molecule has 0 aliphatic carbocycles. The lowest BCUT2D eigenvalue weighted by atomic mass is 10.0. The van der Waals surface area contributed by atoms with Gasteiger partial charge in [-0.1, -0.05) is 54.6 Å². The van der Waals surface area contributed by atoms with Gasteiger partial charge in [0.1, 0.15) is 11.6 Å². The molecule has 0 aromatic heterocycles. The van der Waals surface area contributed by atoms with Gasteiger partial charge in [-0.15, -0.1) is 0 Å². The van der Waals surface area contributed by atoms with E-state index < -0.39 is 23.7 Å². The fourth-order valence-electron chi connectivity index (χ4n) is 2.53. The lowest BCUT2D eigenvalue weighted by molar-refractivity contribution is -0.143. The first-order valence-electron chi connectivity index (χ1n) is 8.52. The van der Waals surface area contributed by atoms with Crippen LogP contribution in [0.2, 0.25) is 0 Å². The summed E-state index contributed by atoms with van der Waals surface area (Å²) in [6, 6.07) is 13.3. The number of esters is 1. The largest absolute Gasteiger partial charge is 0.467 e. The normalized spacial score (nSPS) is 12.8. The molecule has 2 aromatic rings. The van der Waals surface area contributed by atoms with E-state index in [1.807, 2.05) is 54.6 Å². The molecule has 2 rings (SSSR count). The molecule has 26 heavy (non-hydrogen) atoms. The molecule has 138 valence electrons. The Morgan fingerprint density at radius 2 is 1.81 bits per heavy atom. The molecule has 0 aliphatic heterocycles. The van der Waals surface area contributed by atoms with Crippen molar-refractivity contribution in [2.45, 2.75) is 38.8 Å². The summed E-state index contributed by atoms with van der Waals surface area (Å²) in [7, 11) is 1.29. The summed E-state index contributed by atoms with van der Waals surface area (Å²) in [5.74, 6) is -0.515. The molecule has 1 N–H and O–H groups in total. The summed E-state index contributed by atoms with van der Waals surface area (Å²) in [4.78, 5) is 23.9. The molecule has 2 aromatic carbocycles. The number of nitrogens with one attached hydrogen (secondary N) is 1. The van der Waals surface area contributed by atoms with E-state index in [9.17, 15) is 9.59 Å². The first kappa shape index (κ1) is 19.5. The zero-order valence-corrected chi connectivity index (χ0v) is 15.6. The smallest absolute Gasteiger partial charge is 0.408 e. The van der Waals surface area contributed by atoms with Crippen LogP contribution in [0.3, 0.4) is 0 Å². The van der Waals surface area contributed by atoms with Gasteiger partial charge >= 0.3 is 12.1 Å². The maximum Gasteiger partial charge on any atom is 0.408 e. The highest BCUT2D eigenvalue weighted by Crippen LogP contribution is 2.20. The molecule has 0 fully saturated rings. The number of fused-ring (bicyclic) bond motifs is 1. The van der Waals surface area contributed by atoms with Gasteiger partial charge in [0.15, 0.2) is 0 Å². The minimum Gasteiger partial charge on any atom is -0.467 e. The number of carbonyl (C=O) groups excluding carboxylic acids is 2. The Labute approximate surface area is 154 Å². The Balaban J connectivity index is 2.10. The van der Waals surface area contributed by atoms with E-state index >= 15 is 0 Å². The highest BCUT2D eigenvalue weighted by atomic mass is 16.6. The number of hydrogen-bond donors (Lipinski definition) is 1. The molecule has 0 aliphatic rings. The fraction of sp³-hybridized carbons (Fsp3) is 0.333. The van der Waals surface area contributed by atoms with Crippen molar-refractivity contribution in [3.63, 3.8) is 0 Å². The Kier molecular flexibility index (Phi) is 6.39. The van der Waals surface area contributed by atoms with Crippen LogP contribution in [0, 0.1) is 0 Å². The van der Waals surface area contributed by atoms with Crippen molar-refractivity contribution in [2.75, 3.05) is 7.11 Å². The van der Waals surface area contributed by atoms with Gasteiger partial charge < -0.3 is 14.8 Å². The molecule has 0 unspecified atom stereocenters. The molecule has 0 saturated carbocycles. The lowest BCUT2D eigenvalue weighted by Crippen LogP contribution is -2.43. The average molecular weight is 355 g/mol. The van der Waals surface area contributed by atoms with Crippen LogP contribution in [0.4, 0.5) is 4.79 Å². The predicted molar refractivity (Wildman–Crippen MR) is 103 cm³/mol. The zero-order valence-electron chi connectivity index (χ0n) is 15.6. The standard InChI is InChI=1S/C21H25NO4/c1-21(2,3)26-20(24)22-18(19(23)25-4)14-8-12-16-11-7-10-15-9-5-6-13-17(15)16/h5-13,18H,14H2,1-4H3,(H,22,24)/b12-8+/t18-/m0/s1. The van der Waals surface area contributed by atoms with E-state index in [0.717, 1.165) is 16.3 Å². The van der Waals surface area contributed by atoms with Crippen LogP contribution in [0.5, 0.6) is 0 Å². The van der Waals surface area contributed by atoms with Gasteiger partial charge in [-0.05, 0) is 43.5 Å². The first-order chi connectivity index (χ1) is 12.3. The van der Waals surface area contributed by atoms with Crippen LogP contribution in [0.1, 0.15) is 32.8 Å². The van der Waals surface area contributed by atoms with Crippen molar-refractivity contribution in [2.24, 2.45) is 0 Å². The number of ether oxygens (including phenoxy) is 2. The van der Waals surface area contributed by atoms with Gasteiger partial charge in [-0.3, -0.25) is 0 Å². The Bertz CT molecular complexity index is 800. The van der Waals surface area contributed by atoms with Gasteiger partial charge in [-0.2, -0.15) is 0 Å². The van der Waals surface area contributed by atoms with E-state index in [0.29, 0.717) is 6.42 Å². The third-order valence-corrected chi connectivity index (χ3v) is 3.67. The molecule has 0 bridgehead atoms. The predicted octanol–water partition coefficient (Wildman–Crippen LogP) is 4.31. The number of carbonyl (C=O) groups is 2. The van der Waals surface area contributed by atoms with Crippen LogP contribution in [-0.4, -0.2) is 30.8 Å². The first-order valence-corrected chi connectivity index (χ1v) is 8.52.